The van der Waals surface area contributed by atoms with E-state index in [-0.39, 0.29) is 36.8 Å². The van der Waals surface area contributed by atoms with Crippen molar-refractivity contribution in [2.45, 2.75) is 62.9 Å². The Morgan fingerprint density at radius 3 is 2.20 bits per heavy atom. The molecule has 7 nitrogen and oxygen atoms in total. The van der Waals surface area contributed by atoms with Crippen LogP contribution < -0.4 is 5.32 Å². The van der Waals surface area contributed by atoms with Crippen LogP contribution in [0.2, 0.25) is 0 Å². The molecule has 1 unspecified atom stereocenters. The largest absolute Gasteiger partial charge is 0.481 e. The molecule has 0 aromatic heterocycles. The van der Waals surface area contributed by atoms with E-state index in [9.17, 15) is 19.5 Å². The number of aliphatic carboxylic acids is 1. The fourth-order valence-electron chi connectivity index (χ4n) is 5.80. The molecule has 1 aliphatic heterocycles. The summed E-state index contributed by atoms with van der Waals surface area (Å²) in [5, 5.41) is 12.2. The summed E-state index contributed by atoms with van der Waals surface area (Å²) in [6.07, 6.45) is 4.56. The summed E-state index contributed by atoms with van der Waals surface area (Å²) in [6, 6.07) is 15.3. The Morgan fingerprint density at radius 1 is 0.943 bits per heavy atom. The van der Waals surface area contributed by atoms with Gasteiger partial charge in [0.25, 0.3) is 0 Å². The second-order valence-electron chi connectivity index (χ2n) is 9.92. The van der Waals surface area contributed by atoms with Crippen LogP contribution >= 0.6 is 0 Å². The predicted octanol–water partition coefficient (Wildman–Crippen LogP) is 4.55. The molecule has 2 aromatic carbocycles. The van der Waals surface area contributed by atoms with Crippen molar-refractivity contribution in [2.24, 2.45) is 5.92 Å². The van der Waals surface area contributed by atoms with Crippen molar-refractivity contribution in [1.29, 1.82) is 0 Å². The van der Waals surface area contributed by atoms with Crippen LogP contribution in [0.25, 0.3) is 11.1 Å². The van der Waals surface area contributed by atoms with Crippen LogP contribution in [0, 0.1) is 5.92 Å². The molecule has 1 saturated heterocycles. The number of piperidine rings is 1. The molecule has 1 saturated carbocycles. The van der Waals surface area contributed by atoms with Crippen molar-refractivity contribution >= 4 is 18.0 Å². The Labute approximate surface area is 205 Å². The Balaban J connectivity index is 1.27. The first kappa shape index (κ1) is 23.4. The second kappa shape index (κ2) is 10.1. The number of rotatable bonds is 7. The van der Waals surface area contributed by atoms with E-state index in [0.717, 1.165) is 54.4 Å². The number of alkyl carbamates (subject to hydrolysis) is 1. The summed E-state index contributed by atoms with van der Waals surface area (Å²) < 4.78 is 5.70. The van der Waals surface area contributed by atoms with Crippen molar-refractivity contribution in [2.75, 3.05) is 13.2 Å². The first-order chi connectivity index (χ1) is 17.0. The number of fused-ring (bicyclic) bond motifs is 3. The van der Waals surface area contributed by atoms with Gasteiger partial charge in [-0.05, 0) is 60.3 Å². The van der Waals surface area contributed by atoms with E-state index in [4.69, 9.17) is 4.74 Å². The number of nitrogens with one attached hydrogen (secondary N) is 1. The number of hydrogen-bond acceptors (Lipinski definition) is 4. The van der Waals surface area contributed by atoms with Gasteiger partial charge in [0.2, 0.25) is 5.91 Å². The van der Waals surface area contributed by atoms with Crippen LogP contribution in [0.15, 0.2) is 48.5 Å². The maximum absolute atomic E-state index is 13.5. The van der Waals surface area contributed by atoms with Crippen molar-refractivity contribution in [1.82, 2.24) is 10.2 Å². The van der Waals surface area contributed by atoms with E-state index in [2.05, 4.69) is 29.6 Å². The van der Waals surface area contributed by atoms with E-state index in [0.29, 0.717) is 13.0 Å². The highest BCUT2D eigenvalue weighted by atomic mass is 16.5. The molecule has 2 N–H and O–H groups in total. The summed E-state index contributed by atoms with van der Waals surface area (Å²) in [5.74, 6) is -1.06. The van der Waals surface area contributed by atoms with E-state index >= 15 is 0 Å². The molecule has 2 aromatic rings. The van der Waals surface area contributed by atoms with Gasteiger partial charge < -0.3 is 20.1 Å². The van der Waals surface area contributed by atoms with Crippen molar-refractivity contribution < 1.29 is 24.2 Å². The van der Waals surface area contributed by atoms with Crippen molar-refractivity contribution in [3.05, 3.63) is 59.7 Å². The summed E-state index contributed by atoms with van der Waals surface area (Å²) in [5.41, 5.74) is 4.60. The Morgan fingerprint density at radius 2 is 1.60 bits per heavy atom. The number of likely N-dealkylation sites (tertiary alicyclic amines) is 1. The molecule has 0 spiro atoms. The third-order valence-corrected chi connectivity index (χ3v) is 7.82. The number of benzene rings is 2. The van der Waals surface area contributed by atoms with Crippen molar-refractivity contribution in [3.8, 4) is 11.1 Å². The van der Waals surface area contributed by atoms with Crippen molar-refractivity contribution in [3.63, 3.8) is 0 Å². The third-order valence-electron chi connectivity index (χ3n) is 7.82. The number of carbonyl (C=O) groups is 3. The van der Waals surface area contributed by atoms with E-state index in [1.165, 1.54) is 0 Å². The molecule has 35 heavy (non-hydrogen) atoms. The van der Waals surface area contributed by atoms with Gasteiger partial charge in [-0.3, -0.25) is 9.59 Å². The van der Waals surface area contributed by atoms with E-state index in [1.54, 1.807) is 4.90 Å². The van der Waals surface area contributed by atoms with Gasteiger partial charge >= 0.3 is 12.1 Å². The maximum Gasteiger partial charge on any atom is 0.407 e. The number of carboxylic acid groups (broad SMARTS) is 1. The zero-order valence-corrected chi connectivity index (χ0v) is 19.8. The zero-order chi connectivity index (χ0) is 24.4. The first-order valence-corrected chi connectivity index (χ1v) is 12.7. The average Bonchev–Trinajstić information content (AvgIpc) is 3.14. The second-order valence-corrected chi connectivity index (χ2v) is 9.92. The molecule has 7 heteroatoms. The molecule has 2 fully saturated rings. The van der Waals surface area contributed by atoms with Gasteiger partial charge in [-0.25, -0.2) is 4.79 Å². The fourth-order valence-corrected chi connectivity index (χ4v) is 5.80. The highest BCUT2D eigenvalue weighted by Gasteiger charge is 2.40. The number of carboxylic acids is 1. The lowest BCUT2D eigenvalue weighted by molar-refractivity contribution is -0.144. The quantitative estimate of drug-likeness (QED) is 0.611. The van der Waals surface area contributed by atoms with Gasteiger partial charge in [-0.15, -0.1) is 0 Å². The summed E-state index contributed by atoms with van der Waals surface area (Å²) in [4.78, 5) is 39.5. The lowest BCUT2D eigenvalue weighted by Crippen LogP contribution is -2.57. The molecule has 184 valence electrons. The molecular weight excluding hydrogens is 444 g/mol. The monoisotopic (exact) mass is 476 g/mol. The van der Waals surface area contributed by atoms with Gasteiger partial charge in [0, 0.05) is 18.5 Å². The number of amides is 2. The van der Waals surface area contributed by atoms with Gasteiger partial charge in [0.15, 0.2) is 0 Å². The van der Waals surface area contributed by atoms with Gasteiger partial charge in [0.05, 0.1) is 6.42 Å². The Bertz CT molecular complexity index is 1070. The molecule has 3 aliphatic rings. The minimum absolute atomic E-state index is 0.0481. The SMILES string of the molecule is O=C(O)C[C@@H]1CCCCN1C(=O)C(NC(=O)OCC1c2ccccc2-c2ccccc21)C1CCC1. The standard InChI is InChI=1S/C28H32N2O5/c31-25(32)16-19-10-5-6-15-30(19)27(33)26(18-8-7-9-18)29-28(34)35-17-24-22-13-3-1-11-20(22)21-12-2-4-14-23(21)24/h1-4,11-14,18-19,24,26H,5-10,15-17H2,(H,29,34)(H,31,32)/t19-,26?/m0/s1. The number of nitrogens with zero attached hydrogens (tertiary/aromatic N) is 1. The van der Waals surface area contributed by atoms with Crippen LogP contribution in [0.5, 0.6) is 0 Å². The van der Waals surface area contributed by atoms with Crippen LogP contribution in [0.1, 0.15) is 62.0 Å². The number of ether oxygens (including phenoxy) is 1. The average molecular weight is 477 g/mol. The van der Waals surface area contributed by atoms with Crippen LogP contribution in [0.4, 0.5) is 4.79 Å². The lowest BCUT2D eigenvalue weighted by Gasteiger charge is -2.41. The van der Waals surface area contributed by atoms with Crippen LogP contribution in [0.3, 0.4) is 0 Å². The molecule has 0 bridgehead atoms. The van der Waals surface area contributed by atoms with Crippen LogP contribution in [-0.4, -0.2) is 53.2 Å². The topological polar surface area (TPSA) is 95.9 Å². The first-order valence-electron chi connectivity index (χ1n) is 12.7. The maximum atomic E-state index is 13.5. The summed E-state index contributed by atoms with van der Waals surface area (Å²) in [6.45, 7) is 0.725. The molecular formula is C28H32N2O5. The molecule has 2 amide bonds. The normalized spacial score (nSPS) is 20.3. The number of hydrogen-bond donors (Lipinski definition) is 2. The van der Waals surface area contributed by atoms with Crippen LogP contribution in [-0.2, 0) is 14.3 Å². The lowest BCUT2D eigenvalue weighted by atomic mass is 9.78. The number of carbonyl (C=O) groups excluding carboxylic acids is 2. The Kier molecular flexibility index (Phi) is 6.75. The predicted molar refractivity (Wildman–Crippen MR) is 131 cm³/mol. The highest BCUT2D eigenvalue weighted by molar-refractivity contribution is 5.87. The summed E-state index contributed by atoms with van der Waals surface area (Å²) >= 11 is 0. The van der Waals surface area contributed by atoms with E-state index in [1.807, 2.05) is 24.3 Å². The highest BCUT2D eigenvalue weighted by Crippen LogP contribution is 2.44. The Hall–Kier alpha value is -3.35. The smallest absolute Gasteiger partial charge is 0.407 e. The molecule has 1 heterocycles. The zero-order valence-electron chi connectivity index (χ0n) is 19.8. The van der Waals surface area contributed by atoms with Gasteiger partial charge in [-0.2, -0.15) is 0 Å². The minimum atomic E-state index is -0.903. The van der Waals surface area contributed by atoms with Gasteiger partial charge in [-0.1, -0.05) is 55.0 Å². The van der Waals surface area contributed by atoms with E-state index < -0.39 is 18.1 Å². The van der Waals surface area contributed by atoms with Gasteiger partial charge in [0.1, 0.15) is 12.6 Å². The fraction of sp³-hybridized carbons (Fsp3) is 0.464. The molecule has 0 radical (unpaired) electrons. The third kappa shape index (κ3) is 4.77. The molecule has 2 atom stereocenters. The molecule has 2 aliphatic carbocycles. The molecule has 5 rings (SSSR count). The minimum Gasteiger partial charge on any atom is -0.481 e. The summed E-state index contributed by atoms with van der Waals surface area (Å²) in [7, 11) is 0.